The van der Waals surface area contributed by atoms with Crippen LogP contribution in [0, 0.1) is 11.8 Å². The van der Waals surface area contributed by atoms with Gasteiger partial charge in [0.15, 0.2) is 5.96 Å². The maximum atomic E-state index is 5.92. The molecule has 3 N–H and O–H groups in total. The van der Waals surface area contributed by atoms with Crippen molar-refractivity contribution >= 4 is 29.9 Å². The van der Waals surface area contributed by atoms with E-state index < -0.39 is 0 Å². The van der Waals surface area contributed by atoms with Crippen molar-refractivity contribution < 1.29 is 4.74 Å². The molecular weight excluding hydrogens is 353 g/mol. The molecule has 0 spiro atoms. The highest BCUT2D eigenvalue weighted by molar-refractivity contribution is 14.0. The second-order valence-corrected chi connectivity index (χ2v) is 5.88. The summed E-state index contributed by atoms with van der Waals surface area (Å²) in [6.45, 7) is 2.71. The van der Waals surface area contributed by atoms with Crippen LogP contribution in [0.25, 0.3) is 0 Å². The van der Waals surface area contributed by atoms with Gasteiger partial charge in [0.1, 0.15) is 0 Å². The highest BCUT2D eigenvalue weighted by Gasteiger charge is 2.43. The zero-order chi connectivity index (χ0) is 13.0. The number of halogens is 1. The predicted molar refractivity (Wildman–Crippen MR) is 90.0 cm³/mol. The van der Waals surface area contributed by atoms with Gasteiger partial charge in [-0.1, -0.05) is 32.1 Å². The Bertz CT molecular complexity index is 292. The summed E-state index contributed by atoms with van der Waals surface area (Å²) in [6, 6.07) is 0.709. The quantitative estimate of drug-likeness (QED) is 0.437. The van der Waals surface area contributed by atoms with Crippen LogP contribution < -0.4 is 11.1 Å². The molecule has 0 radical (unpaired) electrons. The molecule has 3 unspecified atom stereocenters. The number of guanidine groups is 1. The van der Waals surface area contributed by atoms with E-state index in [4.69, 9.17) is 10.5 Å². The molecule has 0 aromatic heterocycles. The van der Waals surface area contributed by atoms with Gasteiger partial charge >= 0.3 is 0 Å². The van der Waals surface area contributed by atoms with Gasteiger partial charge in [0.25, 0.3) is 0 Å². The Morgan fingerprint density at radius 1 is 1.37 bits per heavy atom. The van der Waals surface area contributed by atoms with Gasteiger partial charge in [-0.3, -0.25) is 0 Å². The average molecular weight is 381 g/mol. The summed E-state index contributed by atoms with van der Waals surface area (Å²) >= 11 is 0. The molecule has 4 nitrogen and oxygen atoms in total. The Labute approximate surface area is 134 Å². The first-order valence-electron chi connectivity index (χ1n) is 7.29. The van der Waals surface area contributed by atoms with Crippen LogP contribution in [-0.2, 0) is 4.74 Å². The first kappa shape index (κ1) is 17.0. The molecule has 3 atom stereocenters. The van der Waals surface area contributed by atoms with Gasteiger partial charge in [-0.25, -0.2) is 4.99 Å². The second kappa shape index (κ2) is 8.29. The SMILES string of the molecule is COCC(C)NC(N)=NC1CC1C1CCCCC1.I. The number of rotatable bonds is 5. The van der Waals surface area contributed by atoms with E-state index in [1.807, 2.05) is 0 Å². The van der Waals surface area contributed by atoms with Crippen LogP contribution in [0.15, 0.2) is 4.99 Å². The van der Waals surface area contributed by atoms with Crippen molar-refractivity contribution in [2.24, 2.45) is 22.6 Å². The Kier molecular flexibility index (Phi) is 7.42. The molecular formula is C14H28IN3O. The molecule has 0 aliphatic heterocycles. The highest BCUT2D eigenvalue weighted by atomic mass is 127. The summed E-state index contributed by atoms with van der Waals surface area (Å²) in [5, 5.41) is 3.18. The topological polar surface area (TPSA) is 59.6 Å². The van der Waals surface area contributed by atoms with Crippen molar-refractivity contribution in [1.82, 2.24) is 5.32 Å². The third-order valence-corrected chi connectivity index (χ3v) is 4.18. The van der Waals surface area contributed by atoms with E-state index in [1.165, 1.54) is 38.5 Å². The van der Waals surface area contributed by atoms with Crippen LogP contribution in [-0.4, -0.2) is 31.8 Å². The van der Waals surface area contributed by atoms with E-state index in [0.29, 0.717) is 18.6 Å². The lowest BCUT2D eigenvalue weighted by Gasteiger charge is -2.21. The molecule has 2 rings (SSSR count). The lowest BCUT2D eigenvalue weighted by atomic mass is 9.85. The van der Waals surface area contributed by atoms with Gasteiger partial charge in [-0.2, -0.15) is 0 Å². The van der Waals surface area contributed by atoms with Crippen LogP contribution in [0.1, 0.15) is 45.4 Å². The van der Waals surface area contributed by atoms with Crippen LogP contribution in [0.2, 0.25) is 0 Å². The molecule has 2 fully saturated rings. The maximum absolute atomic E-state index is 5.92. The summed E-state index contributed by atoms with van der Waals surface area (Å²) in [6.07, 6.45) is 8.31. The molecule has 2 aliphatic carbocycles. The van der Waals surface area contributed by atoms with E-state index in [2.05, 4.69) is 17.2 Å². The highest BCUT2D eigenvalue weighted by Crippen LogP contribution is 2.46. The molecule has 0 heterocycles. The van der Waals surface area contributed by atoms with Crippen LogP contribution in [0.5, 0.6) is 0 Å². The van der Waals surface area contributed by atoms with Crippen molar-refractivity contribution in [2.75, 3.05) is 13.7 Å². The number of aliphatic imine (C=N–C) groups is 1. The zero-order valence-electron chi connectivity index (χ0n) is 12.1. The number of hydrogen-bond acceptors (Lipinski definition) is 2. The minimum Gasteiger partial charge on any atom is -0.383 e. The van der Waals surface area contributed by atoms with E-state index in [1.54, 1.807) is 7.11 Å². The van der Waals surface area contributed by atoms with Crippen LogP contribution in [0.4, 0.5) is 0 Å². The van der Waals surface area contributed by atoms with E-state index >= 15 is 0 Å². The molecule has 112 valence electrons. The maximum Gasteiger partial charge on any atom is 0.189 e. The van der Waals surface area contributed by atoms with Gasteiger partial charge in [0, 0.05) is 13.2 Å². The standard InChI is InChI=1S/C14H27N3O.HI/c1-10(9-18-2)16-14(15)17-13-8-12(13)11-6-4-3-5-7-11;/h10-13H,3-9H2,1-2H3,(H3,15,16,17);1H. The molecule has 0 bridgehead atoms. The predicted octanol–water partition coefficient (Wildman–Crippen LogP) is 2.51. The van der Waals surface area contributed by atoms with Crippen LogP contribution >= 0.6 is 24.0 Å². The van der Waals surface area contributed by atoms with Crippen LogP contribution in [0.3, 0.4) is 0 Å². The lowest BCUT2D eigenvalue weighted by molar-refractivity contribution is 0.179. The number of methoxy groups -OCH3 is 1. The number of hydrogen-bond donors (Lipinski definition) is 2. The van der Waals surface area contributed by atoms with Crippen molar-refractivity contribution in [3.05, 3.63) is 0 Å². The number of nitrogens with two attached hydrogens (primary N) is 1. The van der Waals surface area contributed by atoms with Crippen molar-refractivity contribution in [3.63, 3.8) is 0 Å². The molecule has 5 heteroatoms. The van der Waals surface area contributed by atoms with Gasteiger partial charge in [0.2, 0.25) is 0 Å². The van der Waals surface area contributed by atoms with E-state index in [-0.39, 0.29) is 30.0 Å². The summed E-state index contributed by atoms with van der Waals surface area (Å²) in [7, 11) is 1.70. The molecule has 0 aromatic carbocycles. The minimum absolute atomic E-state index is 0. The van der Waals surface area contributed by atoms with Crippen molar-refractivity contribution in [3.8, 4) is 0 Å². The molecule has 19 heavy (non-hydrogen) atoms. The Balaban J connectivity index is 0.00000180. The number of nitrogens with one attached hydrogen (secondary N) is 1. The number of ether oxygens (including phenoxy) is 1. The number of nitrogens with zero attached hydrogens (tertiary/aromatic N) is 1. The van der Waals surface area contributed by atoms with Crippen molar-refractivity contribution in [1.29, 1.82) is 0 Å². The smallest absolute Gasteiger partial charge is 0.189 e. The first-order valence-corrected chi connectivity index (χ1v) is 7.29. The van der Waals surface area contributed by atoms with Gasteiger partial charge in [-0.15, -0.1) is 24.0 Å². The van der Waals surface area contributed by atoms with Gasteiger partial charge < -0.3 is 15.8 Å². The largest absolute Gasteiger partial charge is 0.383 e. The summed E-state index contributed by atoms with van der Waals surface area (Å²) in [5.41, 5.74) is 5.92. The third kappa shape index (κ3) is 5.45. The first-order chi connectivity index (χ1) is 8.70. The fraction of sp³-hybridized carbons (Fsp3) is 0.929. The average Bonchev–Trinajstić information content (AvgIpc) is 3.09. The van der Waals surface area contributed by atoms with Gasteiger partial charge in [0.05, 0.1) is 12.6 Å². The second-order valence-electron chi connectivity index (χ2n) is 5.88. The Morgan fingerprint density at radius 3 is 2.68 bits per heavy atom. The summed E-state index contributed by atoms with van der Waals surface area (Å²) in [5.74, 6) is 2.31. The normalized spacial score (nSPS) is 29.5. The fourth-order valence-corrected chi connectivity index (χ4v) is 3.18. The van der Waals surface area contributed by atoms with Crippen molar-refractivity contribution in [2.45, 2.75) is 57.5 Å². The molecule has 2 saturated carbocycles. The minimum atomic E-state index is 0. The molecule has 0 amide bonds. The fourth-order valence-electron chi connectivity index (χ4n) is 3.18. The third-order valence-electron chi connectivity index (χ3n) is 4.18. The van der Waals surface area contributed by atoms with E-state index in [9.17, 15) is 0 Å². The lowest BCUT2D eigenvalue weighted by Crippen LogP contribution is -2.40. The Morgan fingerprint density at radius 2 is 2.05 bits per heavy atom. The Hall–Kier alpha value is -0.0400. The molecule has 0 aromatic rings. The zero-order valence-corrected chi connectivity index (χ0v) is 14.4. The summed E-state index contributed by atoms with van der Waals surface area (Å²) < 4.78 is 5.07. The molecule has 0 saturated heterocycles. The van der Waals surface area contributed by atoms with E-state index in [0.717, 1.165) is 11.8 Å². The monoisotopic (exact) mass is 381 g/mol. The van der Waals surface area contributed by atoms with Gasteiger partial charge in [-0.05, 0) is 25.2 Å². The summed E-state index contributed by atoms with van der Waals surface area (Å²) in [4.78, 5) is 4.60. The molecule has 2 aliphatic rings.